The average molecular weight is 276 g/mol. The smallest absolute Gasteiger partial charge is 0.423 e. The van der Waals surface area contributed by atoms with Gasteiger partial charge in [-0.05, 0) is 31.9 Å². The monoisotopic (exact) mass is 276 g/mol. The van der Waals surface area contributed by atoms with E-state index in [0.717, 1.165) is 16.0 Å². The Morgan fingerprint density at radius 3 is 2.25 bits per heavy atom. The van der Waals surface area contributed by atoms with Crippen LogP contribution < -0.4 is 0 Å². The van der Waals surface area contributed by atoms with Crippen LogP contribution >= 0.6 is 0 Å². The molecule has 0 bridgehead atoms. The van der Waals surface area contributed by atoms with E-state index < -0.39 is 11.7 Å². The second-order valence-corrected chi connectivity index (χ2v) is 5.42. The number of amides is 1. The highest BCUT2D eigenvalue weighted by Gasteiger charge is 2.22. The molecule has 0 radical (unpaired) electrons. The summed E-state index contributed by atoms with van der Waals surface area (Å²) in [6.07, 6.45) is 1.21. The van der Waals surface area contributed by atoms with Crippen LogP contribution in [0.4, 0.5) is 4.79 Å². The summed E-state index contributed by atoms with van der Waals surface area (Å²) in [7, 11) is 1.63. The highest BCUT2D eigenvalue weighted by molar-refractivity contribution is 5.69. The molecule has 0 aliphatic carbocycles. The van der Waals surface area contributed by atoms with Crippen LogP contribution in [0.1, 0.15) is 31.9 Å². The topological polar surface area (TPSA) is 62.6 Å². The second kappa shape index (κ2) is 6.92. The summed E-state index contributed by atoms with van der Waals surface area (Å²) in [6, 6.07) is 7.54. The van der Waals surface area contributed by atoms with Gasteiger partial charge in [-0.1, -0.05) is 24.3 Å². The highest BCUT2D eigenvalue weighted by Crippen LogP contribution is 2.13. The molecule has 1 amide bonds. The van der Waals surface area contributed by atoms with Gasteiger partial charge in [-0.25, -0.2) is 9.69 Å². The van der Waals surface area contributed by atoms with Gasteiger partial charge in [0, 0.05) is 7.11 Å². The number of hydrogen-bond acceptors (Lipinski definition) is 4. The van der Waals surface area contributed by atoms with E-state index in [0.29, 0.717) is 6.61 Å². The molecule has 0 N–H and O–H groups in total. The first-order valence-corrected chi connectivity index (χ1v) is 6.32. The number of nitriles is 1. The van der Waals surface area contributed by atoms with Crippen molar-refractivity contribution in [3.63, 3.8) is 0 Å². The molecule has 20 heavy (non-hydrogen) atoms. The van der Waals surface area contributed by atoms with Gasteiger partial charge in [-0.2, -0.15) is 5.26 Å². The Hall–Kier alpha value is -2.06. The van der Waals surface area contributed by atoms with Crippen molar-refractivity contribution < 1.29 is 14.3 Å². The van der Waals surface area contributed by atoms with Crippen LogP contribution in [0, 0.1) is 11.5 Å². The van der Waals surface area contributed by atoms with Crippen LogP contribution in [0.3, 0.4) is 0 Å². The Morgan fingerprint density at radius 1 is 1.25 bits per heavy atom. The van der Waals surface area contributed by atoms with Crippen molar-refractivity contribution >= 4 is 6.09 Å². The van der Waals surface area contributed by atoms with Crippen LogP contribution in [0.2, 0.25) is 0 Å². The zero-order valence-corrected chi connectivity index (χ0v) is 12.3. The quantitative estimate of drug-likeness (QED) is 0.626. The first kappa shape index (κ1) is 16.0. The molecule has 0 saturated heterocycles. The van der Waals surface area contributed by atoms with E-state index in [2.05, 4.69) is 0 Å². The Balaban J connectivity index is 2.69. The first-order chi connectivity index (χ1) is 9.35. The van der Waals surface area contributed by atoms with Crippen molar-refractivity contribution in [1.29, 1.82) is 5.26 Å². The summed E-state index contributed by atoms with van der Waals surface area (Å²) in [6.45, 7) is 6.02. The van der Waals surface area contributed by atoms with Gasteiger partial charge in [-0.3, -0.25) is 0 Å². The Kier molecular flexibility index (Phi) is 5.53. The molecule has 1 aromatic carbocycles. The Morgan fingerprint density at radius 2 is 1.80 bits per heavy atom. The number of benzene rings is 1. The van der Waals surface area contributed by atoms with Gasteiger partial charge in [0.05, 0.1) is 13.2 Å². The van der Waals surface area contributed by atoms with E-state index in [4.69, 9.17) is 14.7 Å². The lowest BCUT2D eigenvalue weighted by Crippen LogP contribution is -2.33. The molecule has 0 fully saturated rings. The van der Waals surface area contributed by atoms with Crippen molar-refractivity contribution in [1.82, 2.24) is 4.90 Å². The lowest BCUT2D eigenvalue weighted by atomic mass is 10.1. The molecule has 108 valence electrons. The van der Waals surface area contributed by atoms with Gasteiger partial charge in [0.25, 0.3) is 0 Å². The molecule has 0 heterocycles. The van der Waals surface area contributed by atoms with Crippen LogP contribution in [0.25, 0.3) is 0 Å². The van der Waals surface area contributed by atoms with E-state index in [1.807, 2.05) is 30.5 Å². The van der Waals surface area contributed by atoms with E-state index in [1.165, 1.54) is 0 Å². The van der Waals surface area contributed by atoms with Crippen LogP contribution in [-0.2, 0) is 22.6 Å². The van der Waals surface area contributed by atoms with E-state index >= 15 is 0 Å². The molecule has 0 aliphatic heterocycles. The zero-order valence-electron chi connectivity index (χ0n) is 12.3. The summed E-state index contributed by atoms with van der Waals surface area (Å²) < 4.78 is 10.2. The van der Waals surface area contributed by atoms with Crippen LogP contribution in [0.5, 0.6) is 0 Å². The maximum atomic E-state index is 11.8. The number of ether oxygens (including phenoxy) is 2. The molecule has 5 heteroatoms. The minimum Gasteiger partial charge on any atom is -0.443 e. The minimum absolute atomic E-state index is 0.193. The summed E-state index contributed by atoms with van der Waals surface area (Å²) in [5.41, 5.74) is 1.28. The third-order valence-corrected chi connectivity index (χ3v) is 2.41. The molecular weight excluding hydrogens is 256 g/mol. The lowest BCUT2D eigenvalue weighted by Gasteiger charge is -2.22. The Labute approximate surface area is 119 Å². The number of nitrogens with zero attached hydrogens (tertiary/aromatic N) is 2. The van der Waals surface area contributed by atoms with Gasteiger partial charge in [-0.15, -0.1) is 0 Å². The Bertz CT molecular complexity index is 483. The molecule has 5 nitrogen and oxygen atoms in total. The predicted molar refractivity (Wildman–Crippen MR) is 74.5 cm³/mol. The summed E-state index contributed by atoms with van der Waals surface area (Å²) in [4.78, 5) is 12.8. The molecule has 1 aromatic rings. The van der Waals surface area contributed by atoms with Crippen molar-refractivity contribution in [2.24, 2.45) is 0 Å². The molecule has 0 atom stereocenters. The fraction of sp³-hybridized carbons (Fsp3) is 0.467. The maximum absolute atomic E-state index is 11.8. The van der Waals surface area contributed by atoms with Gasteiger partial charge < -0.3 is 9.47 Å². The van der Waals surface area contributed by atoms with Gasteiger partial charge >= 0.3 is 6.09 Å². The summed E-state index contributed by atoms with van der Waals surface area (Å²) in [5, 5.41) is 9.05. The third-order valence-electron chi connectivity index (χ3n) is 2.41. The standard InChI is InChI=1S/C15H20N2O3/c1-15(2,3)20-14(18)17(11-16)9-12-5-7-13(8-6-12)10-19-4/h5-8H,9-10H2,1-4H3. The van der Waals surface area contributed by atoms with E-state index in [1.54, 1.807) is 27.9 Å². The fourth-order valence-corrected chi connectivity index (χ4v) is 1.55. The zero-order chi connectivity index (χ0) is 15.2. The van der Waals surface area contributed by atoms with E-state index in [-0.39, 0.29) is 6.54 Å². The minimum atomic E-state index is -0.638. The summed E-state index contributed by atoms with van der Waals surface area (Å²) in [5.74, 6) is 0. The van der Waals surface area contributed by atoms with Crippen molar-refractivity contribution in [3.8, 4) is 6.19 Å². The van der Waals surface area contributed by atoms with Crippen molar-refractivity contribution in [3.05, 3.63) is 35.4 Å². The van der Waals surface area contributed by atoms with Crippen LogP contribution in [-0.4, -0.2) is 23.7 Å². The van der Waals surface area contributed by atoms with Gasteiger partial charge in [0.1, 0.15) is 5.60 Å². The molecular formula is C15H20N2O3. The lowest BCUT2D eigenvalue weighted by molar-refractivity contribution is 0.0337. The SMILES string of the molecule is COCc1ccc(CN(C#N)C(=O)OC(C)(C)C)cc1. The molecule has 1 rings (SSSR count). The maximum Gasteiger partial charge on any atom is 0.423 e. The molecule has 0 aliphatic rings. The van der Waals surface area contributed by atoms with E-state index in [9.17, 15) is 4.79 Å². The first-order valence-electron chi connectivity index (χ1n) is 6.32. The largest absolute Gasteiger partial charge is 0.443 e. The number of methoxy groups -OCH3 is 1. The predicted octanol–water partition coefficient (Wildman–Crippen LogP) is 3.05. The molecule has 0 spiro atoms. The molecule has 0 unspecified atom stereocenters. The number of hydrogen-bond donors (Lipinski definition) is 0. The average Bonchev–Trinajstić information content (AvgIpc) is 2.36. The van der Waals surface area contributed by atoms with Crippen molar-refractivity contribution in [2.75, 3.05) is 7.11 Å². The molecule has 0 aromatic heterocycles. The van der Waals surface area contributed by atoms with Gasteiger partial charge in [0.2, 0.25) is 0 Å². The van der Waals surface area contributed by atoms with Crippen molar-refractivity contribution in [2.45, 2.75) is 39.5 Å². The number of carbonyl (C=O) groups excluding carboxylic acids is 1. The molecule has 0 saturated carbocycles. The number of carbonyl (C=O) groups is 1. The fourth-order valence-electron chi connectivity index (χ4n) is 1.55. The van der Waals surface area contributed by atoms with Crippen LogP contribution in [0.15, 0.2) is 24.3 Å². The normalized spacial score (nSPS) is 10.8. The number of rotatable bonds is 4. The van der Waals surface area contributed by atoms with Gasteiger partial charge in [0.15, 0.2) is 6.19 Å². The second-order valence-electron chi connectivity index (χ2n) is 5.42. The third kappa shape index (κ3) is 5.29. The summed E-state index contributed by atoms with van der Waals surface area (Å²) >= 11 is 0. The highest BCUT2D eigenvalue weighted by atomic mass is 16.6.